The number of nitrogens with two attached hydrogens (primary N) is 1. The van der Waals surface area contributed by atoms with Crippen LogP contribution in [0.1, 0.15) is 35.5 Å². The number of rotatable bonds is 7. The van der Waals surface area contributed by atoms with E-state index >= 15 is 0 Å². The van der Waals surface area contributed by atoms with Crippen molar-refractivity contribution in [1.82, 2.24) is 14.3 Å². The molecule has 14 heteroatoms. The quantitative estimate of drug-likeness (QED) is 0.218. The van der Waals surface area contributed by atoms with E-state index in [1.165, 1.54) is 17.2 Å². The predicted molar refractivity (Wildman–Crippen MR) is 144 cm³/mol. The number of pyridine rings is 2. The first kappa shape index (κ1) is 26.5. The Balaban J connectivity index is 1.64. The molecule has 12 nitrogen and oxygen atoms in total. The Kier molecular flexibility index (Phi) is 7.50. The summed E-state index contributed by atoms with van der Waals surface area (Å²) in [6.45, 7) is 3.26. The number of hydrogen-bond donors (Lipinski definition) is 5. The normalized spacial score (nSPS) is 16.9. The van der Waals surface area contributed by atoms with E-state index < -0.39 is 29.8 Å². The fourth-order valence-electron chi connectivity index (χ4n) is 3.67. The topological polar surface area (TPSA) is 173 Å². The van der Waals surface area contributed by atoms with Crippen molar-refractivity contribution < 1.29 is 15.0 Å². The molecule has 6 N–H and O–H groups in total. The summed E-state index contributed by atoms with van der Waals surface area (Å²) >= 11 is 7.42. The number of aromatic amines is 1. The van der Waals surface area contributed by atoms with Crippen LogP contribution in [-0.2, 0) is 6.42 Å². The lowest BCUT2D eigenvalue weighted by molar-refractivity contribution is 0.0897. The molecule has 4 rings (SSSR count). The van der Waals surface area contributed by atoms with E-state index in [9.17, 15) is 19.8 Å². The van der Waals surface area contributed by atoms with E-state index in [0.717, 1.165) is 11.5 Å². The molecule has 1 aliphatic heterocycles. The number of aliphatic hydroxyl groups is 2. The fourth-order valence-corrected chi connectivity index (χ4v) is 4.70. The van der Waals surface area contributed by atoms with E-state index in [1.807, 2.05) is 0 Å². The smallest absolute Gasteiger partial charge is 0.280 e. The second-order valence-electron chi connectivity index (χ2n) is 8.81. The van der Waals surface area contributed by atoms with E-state index in [-0.39, 0.29) is 29.3 Å². The van der Waals surface area contributed by atoms with Crippen molar-refractivity contribution >= 4 is 57.2 Å². The minimum absolute atomic E-state index is 0.0276. The molecule has 0 aromatic carbocycles. The number of halogens is 1. The molecule has 1 aliphatic rings. The van der Waals surface area contributed by atoms with Gasteiger partial charge < -0.3 is 26.2 Å². The van der Waals surface area contributed by atoms with Gasteiger partial charge in [-0.15, -0.1) is 0 Å². The Labute approximate surface area is 221 Å². The largest absolute Gasteiger partial charge is 0.391 e. The summed E-state index contributed by atoms with van der Waals surface area (Å²) in [5, 5.41) is 24.3. The van der Waals surface area contributed by atoms with Gasteiger partial charge in [-0.3, -0.25) is 28.8 Å². The zero-order chi connectivity index (χ0) is 27.0. The average molecular weight is 547 g/mol. The number of nitrogens with one attached hydrogen (secondary N) is 2. The summed E-state index contributed by atoms with van der Waals surface area (Å²) in [5.41, 5.74) is 6.82. The lowest BCUT2D eigenvalue weighted by Crippen LogP contribution is -2.38. The van der Waals surface area contributed by atoms with Crippen LogP contribution in [0.3, 0.4) is 0 Å². The Hall–Kier alpha value is -3.52. The maximum absolute atomic E-state index is 13.4. The predicted octanol–water partition coefficient (Wildman–Crippen LogP) is 1.69. The Morgan fingerprint density at radius 3 is 2.81 bits per heavy atom. The number of aliphatic imine (C=N–C) groups is 1. The highest BCUT2D eigenvalue weighted by Gasteiger charge is 2.37. The molecule has 0 saturated heterocycles. The molecule has 3 unspecified atom stereocenters. The summed E-state index contributed by atoms with van der Waals surface area (Å²) in [6, 6.07) is 4.27. The highest BCUT2D eigenvalue weighted by atomic mass is 35.5. The first-order valence-electron chi connectivity index (χ1n) is 11.3. The fraction of sp³-hybridized carbons (Fsp3) is 0.348. The average Bonchev–Trinajstić information content (AvgIpc) is 3.37. The van der Waals surface area contributed by atoms with Crippen molar-refractivity contribution in [3.63, 3.8) is 0 Å². The van der Waals surface area contributed by atoms with Crippen LogP contribution in [0.4, 0.5) is 22.3 Å². The lowest BCUT2D eigenvalue weighted by Gasteiger charge is -2.22. The van der Waals surface area contributed by atoms with Crippen molar-refractivity contribution in [2.75, 3.05) is 29.2 Å². The van der Waals surface area contributed by atoms with Gasteiger partial charge in [-0.25, -0.2) is 4.98 Å². The van der Waals surface area contributed by atoms with Gasteiger partial charge in [-0.05, 0) is 43.6 Å². The van der Waals surface area contributed by atoms with Crippen molar-refractivity contribution in [2.24, 2.45) is 10.7 Å². The molecule has 0 fully saturated rings. The number of aliphatic hydroxyl groups excluding tert-OH is 2. The van der Waals surface area contributed by atoms with Crippen molar-refractivity contribution in [1.29, 1.82) is 0 Å². The number of fused-ring (bicyclic) bond motifs is 1. The molecule has 4 heterocycles. The van der Waals surface area contributed by atoms with Crippen LogP contribution in [0.25, 0.3) is 0 Å². The van der Waals surface area contributed by atoms with Crippen LogP contribution >= 0.6 is 23.1 Å². The molecule has 0 bridgehead atoms. The van der Waals surface area contributed by atoms with Crippen LogP contribution in [-0.4, -0.2) is 68.8 Å². The third-order valence-electron chi connectivity index (χ3n) is 5.86. The molecule has 0 spiro atoms. The lowest BCUT2D eigenvalue weighted by atomic mass is 10.2. The zero-order valence-electron chi connectivity index (χ0n) is 20.6. The molecule has 3 aromatic heterocycles. The summed E-state index contributed by atoms with van der Waals surface area (Å²) in [7, 11) is 3.59. The highest BCUT2D eigenvalue weighted by molar-refractivity contribution is 7.10. The third-order valence-corrected chi connectivity index (χ3v) is 6.99. The van der Waals surface area contributed by atoms with Gasteiger partial charge in [0.1, 0.15) is 40.0 Å². The van der Waals surface area contributed by atoms with Crippen LogP contribution < -0.4 is 26.4 Å². The monoisotopic (exact) mass is 546 g/mol. The number of amidine groups is 1. The summed E-state index contributed by atoms with van der Waals surface area (Å²) in [5.74, 6) is 0.221. The molecule has 0 saturated carbocycles. The number of hydrogen-bond acceptors (Lipinski definition) is 10. The van der Waals surface area contributed by atoms with Crippen molar-refractivity contribution in [3.05, 3.63) is 56.6 Å². The molecule has 3 atom stereocenters. The van der Waals surface area contributed by atoms with Gasteiger partial charge in [0.15, 0.2) is 0 Å². The third kappa shape index (κ3) is 5.30. The van der Waals surface area contributed by atoms with Gasteiger partial charge in [-0.1, -0.05) is 11.6 Å². The standard InChI is InChI=1S/C23H27ClN8O4S/c1-10(11(2)33)27-19(25)18-21(35)30-37-22(18)28-12-5-6-26-15(7-12)23(36)32-17(34)8-13-14(24)9-16(31(3)4)29-20(13)32/h5-7,9-11,17,33-34H,8H2,1-4H3,(H2,25,27)(H,26,28)(H,30,35). The number of aromatic nitrogens is 3. The SMILES string of the molecule is CC(O)C(C)N=C(N)c1c(Nc2ccnc(C(=O)N3c4nc(N(C)C)cc(Cl)c4CC3O)c2)s[nH]c1=O. The maximum Gasteiger partial charge on any atom is 0.280 e. The molecule has 0 radical (unpaired) electrons. The van der Waals surface area contributed by atoms with Gasteiger partial charge in [0.25, 0.3) is 11.5 Å². The first-order valence-corrected chi connectivity index (χ1v) is 12.5. The van der Waals surface area contributed by atoms with E-state index in [4.69, 9.17) is 17.3 Å². The molecular formula is C23H27ClN8O4S. The van der Waals surface area contributed by atoms with Gasteiger partial charge >= 0.3 is 0 Å². The highest BCUT2D eigenvalue weighted by Crippen LogP contribution is 2.37. The minimum Gasteiger partial charge on any atom is -0.391 e. The van der Waals surface area contributed by atoms with Crippen molar-refractivity contribution in [3.8, 4) is 0 Å². The molecule has 3 aromatic rings. The van der Waals surface area contributed by atoms with Gasteiger partial charge in [-0.2, -0.15) is 0 Å². The zero-order valence-corrected chi connectivity index (χ0v) is 22.1. The van der Waals surface area contributed by atoms with Crippen LogP contribution in [0.5, 0.6) is 0 Å². The Morgan fingerprint density at radius 2 is 2.14 bits per heavy atom. The number of carbonyl (C=O) groups is 1. The number of carbonyl (C=O) groups excluding carboxylic acids is 1. The number of amides is 1. The summed E-state index contributed by atoms with van der Waals surface area (Å²) < 4.78 is 2.61. The number of anilines is 4. The molecule has 37 heavy (non-hydrogen) atoms. The molecule has 1 amide bonds. The van der Waals surface area contributed by atoms with Gasteiger partial charge in [0.05, 0.1) is 17.2 Å². The molecule has 196 valence electrons. The minimum atomic E-state index is -1.16. The second-order valence-corrected chi connectivity index (χ2v) is 10.0. The Morgan fingerprint density at radius 1 is 1.41 bits per heavy atom. The van der Waals surface area contributed by atoms with E-state index in [2.05, 4.69) is 24.7 Å². The molecular weight excluding hydrogens is 520 g/mol. The summed E-state index contributed by atoms with van der Waals surface area (Å²) in [6.07, 6.45) is -0.331. The maximum atomic E-state index is 13.4. The number of nitrogens with zero attached hydrogens (tertiary/aromatic N) is 5. The Bertz CT molecular complexity index is 1420. The van der Waals surface area contributed by atoms with Crippen LogP contribution in [0, 0.1) is 0 Å². The number of H-pyrrole nitrogens is 1. The first-order chi connectivity index (χ1) is 17.5. The molecule has 0 aliphatic carbocycles. The van der Waals surface area contributed by atoms with E-state index in [0.29, 0.717) is 27.1 Å². The van der Waals surface area contributed by atoms with Crippen molar-refractivity contribution in [2.45, 2.75) is 38.6 Å². The van der Waals surface area contributed by atoms with Gasteiger partial charge in [0, 0.05) is 38.0 Å². The van der Waals surface area contributed by atoms with Gasteiger partial charge in [0.2, 0.25) is 0 Å². The second kappa shape index (κ2) is 10.5. The van der Waals surface area contributed by atoms with Crippen LogP contribution in [0.15, 0.2) is 34.2 Å². The summed E-state index contributed by atoms with van der Waals surface area (Å²) in [4.78, 5) is 41.7. The van der Waals surface area contributed by atoms with E-state index in [1.54, 1.807) is 45.0 Å². The van der Waals surface area contributed by atoms with Crippen LogP contribution in [0.2, 0.25) is 5.02 Å².